The van der Waals surface area contributed by atoms with Crippen molar-refractivity contribution >= 4 is 17.3 Å². The van der Waals surface area contributed by atoms with Crippen molar-refractivity contribution in [2.45, 2.75) is 45.1 Å². The Labute approximate surface area is 193 Å². The number of nitrogens with zero attached hydrogens (tertiary/aromatic N) is 2. The van der Waals surface area contributed by atoms with Gasteiger partial charge in [-0.2, -0.15) is 0 Å². The number of allylic oxidation sites excluding steroid dienone is 1. The Morgan fingerprint density at radius 2 is 2.09 bits per heavy atom. The minimum atomic E-state index is -3.03. The summed E-state index contributed by atoms with van der Waals surface area (Å²) >= 11 is 0. The molecule has 2 heterocycles. The summed E-state index contributed by atoms with van der Waals surface area (Å²) in [5.41, 5.74) is -0.774. The van der Waals surface area contributed by atoms with Gasteiger partial charge in [-0.3, -0.25) is 4.79 Å². The van der Waals surface area contributed by atoms with Crippen LogP contribution in [0.3, 0.4) is 0 Å². The summed E-state index contributed by atoms with van der Waals surface area (Å²) in [6, 6.07) is 2.64. The minimum Gasteiger partial charge on any atom is -0.503 e. The molecule has 0 bridgehead atoms. The molecular formula is C23H24F4N4O3. The van der Waals surface area contributed by atoms with E-state index in [0.29, 0.717) is 6.42 Å². The predicted octanol–water partition coefficient (Wildman–Crippen LogP) is 5.35. The Kier molecular flexibility index (Phi) is 7.65. The van der Waals surface area contributed by atoms with Crippen LogP contribution < -0.4 is 5.32 Å². The molecule has 1 amide bonds. The number of amides is 1. The van der Waals surface area contributed by atoms with Crippen molar-refractivity contribution in [3.8, 4) is 11.3 Å². The maximum Gasteiger partial charge on any atom is 0.290 e. The van der Waals surface area contributed by atoms with E-state index in [1.165, 1.54) is 0 Å². The molecule has 3 rings (SSSR count). The molecule has 0 spiro atoms. The van der Waals surface area contributed by atoms with E-state index in [0.717, 1.165) is 30.6 Å². The topological polar surface area (TPSA) is 108 Å². The molecule has 0 aliphatic carbocycles. The van der Waals surface area contributed by atoms with E-state index in [4.69, 9.17) is 10.1 Å². The monoisotopic (exact) mass is 480 g/mol. The second-order valence-electron chi connectivity index (χ2n) is 8.41. The fourth-order valence-corrected chi connectivity index (χ4v) is 3.49. The number of carbonyl (C=O) groups excluding carboxylic acids is 1. The van der Waals surface area contributed by atoms with Crippen LogP contribution in [-0.4, -0.2) is 39.2 Å². The summed E-state index contributed by atoms with van der Waals surface area (Å²) in [5.74, 6) is -6.41. The Hall–Kier alpha value is -3.34. The Balaban J connectivity index is 2.03. The van der Waals surface area contributed by atoms with Crippen molar-refractivity contribution < 1.29 is 32.2 Å². The second-order valence-corrected chi connectivity index (χ2v) is 8.41. The summed E-state index contributed by atoms with van der Waals surface area (Å²) in [6.45, 7) is 2.84. The van der Waals surface area contributed by atoms with Crippen molar-refractivity contribution in [3.63, 3.8) is 0 Å². The first-order valence-corrected chi connectivity index (χ1v) is 10.6. The number of nitrogens with one attached hydrogen (secondary N) is 2. The van der Waals surface area contributed by atoms with Gasteiger partial charge in [0.05, 0.1) is 11.4 Å². The van der Waals surface area contributed by atoms with Gasteiger partial charge in [0.1, 0.15) is 36.4 Å². The number of anilines is 1. The maximum atomic E-state index is 14.5. The Morgan fingerprint density at radius 3 is 2.74 bits per heavy atom. The number of ether oxygens (including phenoxy) is 1. The number of aromatic nitrogens is 2. The van der Waals surface area contributed by atoms with Crippen LogP contribution in [0, 0.1) is 23.0 Å². The zero-order chi connectivity index (χ0) is 25.0. The molecule has 1 saturated heterocycles. The average Bonchev–Trinajstić information content (AvgIpc) is 2.75. The van der Waals surface area contributed by atoms with E-state index >= 15 is 0 Å². The number of carbonyl (C=O) groups is 1. The molecule has 1 aromatic carbocycles. The third-order valence-corrected chi connectivity index (χ3v) is 5.04. The van der Waals surface area contributed by atoms with Gasteiger partial charge in [-0.05, 0) is 37.0 Å². The molecule has 11 heteroatoms. The molecule has 0 saturated carbocycles. The highest BCUT2D eigenvalue weighted by atomic mass is 19.3. The van der Waals surface area contributed by atoms with Crippen LogP contribution >= 0.6 is 0 Å². The lowest BCUT2D eigenvalue weighted by Crippen LogP contribution is -2.32. The lowest BCUT2D eigenvalue weighted by molar-refractivity contribution is -0.146. The summed E-state index contributed by atoms with van der Waals surface area (Å²) in [7, 11) is 0. The van der Waals surface area contributed by atoms with Crippen molar-refractivity contribution in [1.29, 1.82) is 5.41 Å². The number of hydrogen-bond donors (Lipinski definition) is 3. The molecule has 182 valence electrons. The fraction of sp³-hybridized carbons (Fsp3) is 0.391. The van der Waals surface area contributed by atoms with Crippen molar-refractivity contribution in [2.24, 2.45) is 5.92 Å². The average molecular weight is 480 g/mol. The molecule has 3 N–H and O–H groups in total. The van der Waals surface area contributed by atoms with Gasteiger partial charge in [-0.15, -0.1) is 0 Å². The number of alkyl halides is 2. The zero-order valence-corrected chi connectivity index (χ0v) is 18.5. The first-order chi connectivity index (χ1) is 16.0. The van der Waals surface area contributed by atoms with Gasteiger partial charge in [0.15, 0.2) is 5.76 Å². The normalized spacial score (nSPS) is 18.1. The summed E-state index contributed by atoms with van der Waals surface area (Å²) in [4.78, 5) is 20.7. The maximum absolute atomic E-state index is 14.5. The summed E-state index contributed by atoms with van der Waals surface area (Å²) in [6.07, 6.45) is 0.655. The van der Waals surface area contributed by atoms with Crippen molar-refractivity contribution in [1.82, 2.24) is 9.97 Å². The number of aliphatic hydroxyl groups is 1. The van der Waals surface area contributed by atoms with Crippen LogP contribution in [0.2, 0.25) is 0 Å². The SMILES string of the molecule is CC(C)CC(=N)/C=C(\O)C(=O)Nc1c(-c2cc(F)ccc2F)ncnc1C1CCC(F)(F)CO1. The molecule has 1 aliphatic heterocycles. The molecule has 1 unspecified atom stereocenters. The number of benzene rings is 1. The van der Waals surface area contributed by atoms with Crippen molar-refractivity contribution in [2.75, 3.05) is 11.9 Å². The van der Waals surface area contributed by atoms with Gasteiger partial charge < -0.3 is 20.6 Å². The number of rotatable bonds is 7. The van der Waals surface area contributed by atoms with Crippen LogP contribution in [-0.2, 0) is 9.53 Å². The number of aliphatic hydroxyl groups excluding tert-OH is 1. The molecule has 1 fully saturated rings. The van der Waals surface area contributed by atoms with Gasteiger partial charge >= 0.3 is 0 Å². The van der Waals surface area contributed by atoms with Crippen LogP contribution in [0.25, 0.3) is 11.3 Å². The zero-order valence-electron chi connectivity index (χ0n) is 18.5. The number of halogens is 4. The molecule has 2 aromatic rings. The van der Waals surface area contributed by atoms with Crippen LogP contribution in [0.15, 0.2) is 36.4 Å². The molecule has 7 nitrogen and oxygen atoms in total. The highest BCUT2D eigenvalue weighted by molar-refractivity contribution is 6.08. The Morgan fingerprint density at radius 1 is 1.35 bits per heavy atom. The summed E-state index contributed by atoms with van der Waals surface area (Å²) < 4.78 is 60.8. The molecular weight excluding hydrogens is 456 g/mol. The lowest BCUT2D eigenvalue weighted by atomic mass is 10.00. The first kappa shape index (κ1) is 25.3. The molecule has 1 aliphatic rings. The van der Waals surface area contributed by atoms with E-state index in [-0.39, 0.29) is 40.7 Å². The third kappa shape index (κ3) is 6.16. The highest BCUT2D eigenvalue weighted by Gasteiger charge is 2.38. The standard InChI is InChI=1S/C23H24F4N4O3/c1-12(2)7-14(28)9-17(32)22(33)31-21-19(15-8-13(24)3-4-16(15)25)29-11-30-20(21)18-5-6-23(26,27)10-34-18/h3-4,8-9,11-12,18,28,32H,5-7,10H2,1-2H3,(H,31,33)/b17-9-,28-14?. The third-order valence-electron chi connectivity index (χ3n) is 5.04. The highest BCUT2D eigenvalue weighted by Crippen LogP contribution is 2.40. The quantitative estimate of drug-likeness (QED) is 0.214. The van der Waals surface area contributed by atoms with Gasteiger partial charge in [0, 0.05) is 23.8 Å². The second kappa shape index (κ2) is 10.3. The fourth-order valence-electron chi connectivity index (χ4n) is 3.49. The van der Waals surface area contributed by atoms with Crippen molar-refractivity contribution in [3.05, 3.63) is 53.7 Å². The molecule has 34 heavy (non-hydrogen) atoms. The molecule has 0 radical (unpaired) electrons. The van der Waals surface area contributed by atoms with Crippen LogP contribution in [0.5, 0.6) is 0 Å². The van der Waals surface area contributed by atoms with Crippen LogP contribution in [0.1, 0.15) is 44.9 Å². The lowest BCUT2D eigenvalue weighted by Gasteiger charge is -2.29. The van der Waals surface area contributed by atoms with E-state index in [9.17, 15) is 27.5 Å². The Bertz CT molecular complexity index is 1110. The van der Waals surface area contributed by atoms with E-state index in [2.05, 4.69) is 15.3 Å². The van der Waals surface area contributed by atoms with Gasteiger partial charge in [-0.1, -0.05) is 13.8 Å². The molecule has 1 aromatic heterocycles. The summed E-state index contributed by atoms with van der Waals surface area (Å²) in [5, 5.41) is 20.4. The largest absolute Gasteiger partial charge is 0.503 e. The predicted molar refractivity (Wildman–Crippen MR) is 117 cm³/mol. The smallest absolute Gasteiger partial charge is 0.290 e. The first-order valence-electron chi connectivity index (χ1n) is 10.6. The van der Waals surface area contributed by atoms with Crippen LogP contribution in [0.4, 0.5) is 23.2 Å². The number of hydrogen-bond acceptors (Lipinski definition) is 6. The van der Waals surface area contributed by atoms with E-state index in [1.807, 2.05) is 13.8 Å². The van der Waals surface area contributed by atoms with Gasteiger partial charge in [0.25, 0.3) is 11.8 Å². The minimum absolute atomic E-state index is 0.00132. The van der Waals surface area contributed by atoms with Gasteiger partial charge in [-0.25, -0.2) is 27.5 Å². The molecule has 1 atom stereocenters. The van der Waals surface area contributed by atoms with E-state index < -0.39 is 48.4 Å². The van der Waals surface area contributed by atoms with E-state index in [1.54, 1.807) is 0 Å². The van der Waals surface area contributed by atoms with Gasteiger partial charge in [0.2, 0.25) is 0 Å².